The standard InChI is InChI=1S/C16H13N7S/c1-23-10-19-22-16(23)24-14-8-4-7-13(20-14)21-15-11-5-2-3-6-12(11)17-9-18-15/h2-10H,1H3,(H,17,18,20,21). The van der Waals surface area contributed by atoms with Crippen molar-refractivity contribution in [2.45, 2.75) is 10.2 Å². The van der Waals surface area contributed by atoms with Gasteiger partial charge in [-0.2, -0.15) is 0 Å². The average Bonchev–Trinajstić information content (AvgIpc) is 3.00. The van der Waals surface area contributed by atoms with Crippen molar-refractivity contribution in [3.05, 3.63) is 55.1 Å². The molecule has 0 spiro atoms. The molecule has 0 saturated heterocycles. The van der Waals surface area contributed by atoms with Crippen molar-refractivity contribution >= 4 is 34.3 Å². The summed E-state index contributed by atoms with van der Waals surface area (Å²) in [7, 11) is 1.90. The zero-order valence-electron chi connectivity index (χ0n) is 12.8. The lowest BCUT2D eigenvalue weighted by Crippen LogP contribution is -1.98. The fourth-order valence-corrected chi connectivity index (χ4v) is 2.98. The molecule has 1 N–H and O–H groups in total. The quantitative estimate of drug-likeness (QED) is 0.614. The van der Waals surface area contributed by atoms with Gasteiger partial charge in [0.1, 0.15) is 29.3 Å². The van der Waals surface area contributed by atoms with Crippen molar-refractivity contribution < 1.29 is 0 Å². The van der Waals surface area contributed by atoms with E-state index in [2.05, 4.69) is 30.5 Å². The molecule has 7 nitrogen and oxygen atoms in total. The smallest absolute Gasteiger partial charge is 0.197 e. The Morgan fingerprint density at radius 2 is 1.96 bits per heavy atom. The molecule has 0 fully saturated rings. The molecule has 0 aliphatic rings. The minimum absolute atomic E-state index is 0.714. The number of nitrogens with one attached hydrogen (secondary N) is 1. The van der Waals surface area contributed by atoms with Crippen LogP contribution in [0.3, 0.4) is 0 Å². The highest BCUT2D eigenvalue weighted by molar-refractivity contribution is 7.99. The van der Waals surface area contributed by atoms with E-state index in [1.807, 2.05) is 54.1 Å². The minimum atomic E-state index is 0.714. The summed E-state index contributed by atoms with van der Waals surface area (Å²) >= 11 is 1.45. The molecular formula is C16H13N7S. The minimum Gasteiger partial charge on any atom is -0.324 e. The Balaban J connectivity index is 1.63. The van der Waals surface area contributed by atoms with Gasteiger partial charge in [-0.1, -0.05) is 18.2 Å². The van der Waals surface area contributed by atoms with Crippen LogP contribution in [0.25, 0.3) is 10.9 Å². The van der Waals surface area contributed by atoms with Crippen LogP contribution in [0, 0.1) is 0 Å². The second-order valence-corrected chi connectivity index (χ2v) is 6.04. The zero-order valence-corrected chi connectivity index (χ0v) is 13.6. The number of aryl methyl sites for hydroxylation is 1. The van der Waals surface area contributed by atoms with Gasteiger partial charge in [0.15, 0.2) is 5.16 Å². The Labute approximate surface area is 142 Å². The van der Waals surface area contributed by atoms with Crippen molar-refractivity contribution in [3.8, 4) is 0 Å². The van der Waals surface area contributed by atoms with E-state index in [0.717, 1.165) is 26.9 Å². The molecule has 24 heavy (non-hydrogen) atoms. The molecule has 0 amide bonds. The van der Waals surface area contributed by atoms with Crippen molar-refractivity contribution in [3.63, 3.8) is 0 Å². The molecule has 3 aromatic heterocycles. The topological polar surface area (TPSA) is 81.4 Å². The van der Waals surface area contributed by atoms with E-state index in [1.54, 1.807) is 12.7 Å². The van der Waals surface area contributed by atoms with Crippen LogP contribution in [0.5, 0.6) is 0 Å². The van der Waals surface area contributed by atoms with Crippen molar-refractivity contribution in [1.29, 1.82) is 0 Å². The number of rotatable bonds is 4. The normalized spacial score (nSPS) is 10.9. The summed E-state index contributed by atoms with van der Waals surface area (Å²) in [6.45, 7) is 0. The van der Waals surface area contributed by atoms with Gasteiger partial charge < -0.3 is 9.88 Å². The molecule has 3 heterocycles. The van der Waals surface area contributed by atoms with E-state index < -0.39 is 0 Å². The van der Waals surface area contributed by atoms with Crippen LogP contribution in [0.1, 0.15) is 0 Å². The number of pyridine rings is 1. The first kappa shape index (κ1) is 14.6. The van der Waals surface area contributed by atoms with E-state index in [-0.39, 0.29) is 0 Å². The zero-order chi connectivity index (χ0) is 16.4. The maximum absolute atomic E-state index is 4.60. The number of nitrogens with zero attached hydrogens (tertiary/aromatic N) is 6. The van der Waals surface area contributed by atoms with Crippen LogP contribution in [0.15, 0.2) is 65.3 Å². The van der Waals surface area contributed by atoms with Crippen molar-refractivity contribution in [2.75, 3.05) is 5.32 Å². The third-order valence-corrected chi connectivity index (χ3v) is 4.37. The lowest BCUT2D eigenvalue weighted by Gasteiger charge is -2.08. The summed E-state index contributed by atoms with van der Waals surface area (Å²) in [4.78, 5) is 13.2. The Hall–Kier alpha value is -3.00. The number of fused-ring (bicyclic) bond motifs is 1. The molecule has 8 heteroatoms. The third-order valence-electron chi connectivity index (χ3n) is 3.38. The van der Waals surface area contributed by atoms with E-state index in [0.29, 0.717) is 5.82 Å². The van der Waals surface area contributed by atoms with E-state index in [1.165, 1.54) is 11.8 Å². The molecule has 0 saturated carbocycles. The molecule has 4 aromatic rings. The predicted molar refractivity (Wildman–Crippen MR) is 92.2 cm³/mol. The Morgan fingerprint density at radius 1 is 1.04 bits per heavy atom. The maximum Gasteiger partial charge on any atom is 0.197 e. The van der Waals surface area contributed by atoms with Crippen LogP contribution in [0.2, 0.25) is 0 Å². The first-order valence-electron chi connectivity index (χ1n) is 7.25. The molecule has 118 valence electrons. The van der Waals surface area contributed by atoms with Crippen LogP contribution < -0.4 is 5.32 Å². The number of hydrogen-bond donors (Lipinski definition) is 1. The highest BCUT2D eigenvalue weighted by atomic mass is 32.2. The van der Waals surface area contributed by atoms with E-state index in [4.69, 9.17) is 0 Å². The van der Waals surface area contributed by atoms with Crippen LogP contribution in [0.4, 0.5) is 11.6 Å². The average molecular weight is 335 g/mol. The molecule has 0 unspecified atom stereocenters. The fraction of sp³-hybridized carbons (Fsp3) is 0.0625. The molecule has 0 aliphatic carbocycles. The number of benzene rings is 1. The molecule has 0 radical (unpaired) electrons. The Kier molecular flexibility index (Phi) is 3.80. The maximum atomic E-state index is 4.60. The van der Waals surface area contributed by atoms with Gasteiger partial charge in [-0.3, -0.25) is 0 Å². The van der Waals surface area contributed by atoms with Gasteiger partial charge in [0.25, 0.3) is 0 Å². The van der Waals surface area contributed by atoms with Crippen molar-refractivity contribution in [2.24, 2.45) is 7.05 Å². The predicted octanol–water partition coefficient (Wildman–Crippen LogP) is 3.05. The highest BCUT2D eigenvalue weighted by Crippen LogP contribution is 2.26. The summed E-state index contributed by atoms with van der Waals surface area (Å²) in [5.41, 5.74) is 0.889. The SMILES string of the molecule is Cn1cnnc1Sc1cccc(Nc2ncnc3ccccc23)n1. The van der Waals surface area contributed by atoms with Gasteiger partial charge in [-0.15, -0.1) is 10.2 Å². The second kappa shape index (κ2) is 6.25. The summed E-state index contributed by atoms with van der Waals surface area (Å²) in [5, 5.41) is 13.8. The molecule has 0 bridgehead atoms. The number of anilines is 2. The van der Waals surface area contributed by atoms with Gasteiger partial charge in [-0.05, 0) is 36.0 Å². The third kappa shape index (κ3) is 2.91. The first-order chi connectivity index (χ1) is 11.8. The summed E-state index contributed by atoms with van der Waals surface area (Å²) in [5.74, 6) is 1.44. The first-order valence-corrected chi connectivity index (χ1v) is 8.07. The molecule has 4 rings (SSSR count). The summed E-state index contributed by atoms with van der Waals surface area (Å²) in [6.07, 6.45) is 3.21. The second-order valence-electron chi connectivity index (χ2n) is 5.05. The number of aromatic nitrogens is 6. The van der Waals surface area contributed by atoms with Gasteiger partial charge >= 0.3 is 0 Å². The van der Waals surface area contributed by atoms with Gasteiger partial charge in [0.2, 0.25) is 0 Å². The fourth-order valence-electron chi connectivity index (χ4n) is 2.23. The van der Waals surface area contributed by atoms with Gasteiger partial charge in [-0.25, -0.2) is 15.0 Å². The van der Waals surface area contributed by atoms with Crippen LogP contribution >= 0.6 is 11.8 Å². The van der Waals surface area contributed by atoms with Crippen molar-refractivity contribution in [1.82, 2.24) is 29.7 Å². The van der Waals surface area contributed by atoms with E-state index >= 15 is 0 Å². The number of para-hydroxylation sites is 1. The van der Waals surface area contributed by atoms with Gasteiger partial charge in [0.05, 0.1) is 5.52 Å². The lowest BCUT2D eigenvalue weighted by atomic mass is 10.2. The van der Waals surface area contributed by atoms with Crippen LogP contribution in [-0.4, -0.2) is 29.7 Å². The Bertz CT molecular complexity index is 993. The monoisotopic (exact) mass is 335 g/mol. The van der Waals surface area contributed by atoms with Crippen LogP contribution in [-0.2, 0) is 7.05 Å². The molecule has 0 aliphatic heterocycles. The summed E-state index contributed by atoms with van der Waals surface area (Å²) in [6, 6.07) is 13.6. The number of hydrogen-bond acceptors (Lipinski definition) is 7. The molecule has 0 atom stereocenters. The van der Waals surface area contributed by atoms with Gasteiger partial charge in [0, 0.05) is 12.4 Å². The highest BCUT2D eigenvalue weighted by Gasteiger charge is 2.07. The lowest BCUT2D eigenvalue weighted by molar-refractivity contribution is 0.787. The Morgan fingerprint density at radius 3 is 2.83 bits per heavy atom. The largest absolute Gasteiger partial charge is 0.324 e. The summed E-state index contributed by atoms with van der Waals surface area (Å²) < 4.78 is 1.85. The molecular weight excluding hydrogens is 322 g/mol. The molecule has 1 aromatic carbocycles. The van der Waals surface area contributed by atoms with E-state index in [9.17, 15) is 0 Å².